The normalized spacial score (nSPS) is 31.2. The minimum Gasteiger partial charge on any atom is -0.465 e. The van der Waals surface area contributed by atoms with Gasteiger partial charge < -0.3 is 9.84 Å². The van der Waals surface area contributed by atoms with E-state index >= 15 is 0 Å². The average molecular weight is 525 g/mol. The van der Waals surface area contributed by atoms with E-state index in [1.54, 1.807) is 5.56 Å². The number of aliphatic hydroxyl groups is 1. The Kier molecular flexibility index (Phi) is 11.6. The second-order valence-corrected chi connectivity index (χ2v) is 13.6. The molecule has 3 aliphatic carbocycles. The van der Waals surface area contributed by atoms with Crippen molar-refractivity contribution in [3.8, 4) is 0 Å². The smallest absolute Gasteiger partial charge is 0.308 e. The molecule has 4 rings (SSSR count). The highest BCUT2D eigenvalue weighted by Crippen LogP contribution is 2.45. The number of esters is 1. The zero-order valence-corrected chi connectivity index (χ0v) is 24.7. The molecule has 0 aromatic heterocycles. The van der Waals surface area contributed by atoms with E-state index in [-0.39, 0.29) is 24.4 Å². The minimum absolute atomic E-state index is 0.0738. The van der Waals surface area contributed by atoms with E-state index in [2.05, 4.69) is 31.2 Å². The van der Waals surface area contributed by atoms with Crippen molar-refractivity contribution in [3.63, 3.8) is 0 Å². The molecule has 1 aromatic rings. The molecule has 0 heterocycles. The number of hydrogen-bond acceptors (Lipinski definition) is 3. The van der Waals surface area contributed by atoms with Gasteiger partial charge in [0.15, 0.2) is 0 Å². The molecule has 1 unspecified atom stereocenters. The molecule has 0 radical (unpaired) electrons. The number of carbonyl (C=O) groups is 1. The van der Waals surface area contributed by atoms with E-state index in [1.165, 1.54) is 95.5 Å². The third-order valence-corrected chi connectivity index (χ3v) is 10.6. The fraction of sp³-hybridized carbons (Fsp3) is 0.800. The van der Waals surface area contributed by atoms with E-state index in [1.807, 2.05) is 13.8 Å². The lowest BCUT2D eigenvalue weighted by atomic mass is 9.68. The zero-order valence-electron chi connectivity index (χ0n) is 24.7. The molecule has 0 saturated heterocycles. The SMILES string of the molecule is CCCC1CCC(C2CCC(c3ccc(C4CCC(CC(CO)COC(=O)C(C)C)CC4)cc3)CC2)CC1. The number of rotatable bonds is 11. The van der Waals surface area contributed by atoms with Crippen LogP contribution in [0.3, 0.4) is 0 Å². The first-order valence-corrected chi connectivity index (χ1v) is 16.3. The molecule has 3 nitrogen and oxygen atoms in total. The molecule has 3 aliphatic rings. The van der Waals surface area contributed by atoms with Crippen molar-refractivity contribution >= 4 is 5.97 Å². The topological polar surface area (TPSA) is 46.5 Å². The van der Waals surface area contributed by atoms with E-state index in [9.17, 15) is 9.90 Å². The Morgan fingerprint density at radius 1 is 0.789 bits per heavy atom. The van der Waals surface area contributed by atoms with Crippen LogP contribution in [0.4, 0.5) is 0 Å². The Hall–Kier alpha value is -1.35. The van der Waals surface area contributed by atoms with Crippen LogP contribution in [0.2, 0.25) is 0 Å². The largest absolute Gasteiger partial charge is 0.465 e. The number of aliphatic hydroxyl groups excluding tert-OH is 1. The summed E-state index contributed by atoms with van der Waals surface area (Å²) < 4.78 is 5.40. The summed E-state index contributed by atoms with van der Waals surface area (Å²) in [5, 5.41) is 9.79. The average Bonchev–Trinajstić information content (AvgIpc) is 2.96. The molecule has 0 aliphatic heterocycles. The van der Waals surface area contributed by atoms with Crippen molar-refractivity contribution in [1.82, 2.24) is 0 Å². The van der Waals surface area contributed by atoms with Gasteiger partial charge in [0.05, 0.1) is 12.5 Å². The first kappa shape index (κ1) is 29.6. The van der Waals surface area contributed by atoms with Crippen molar-refractivity contribution in [1.29, 1.82) is 0 Å². The van der Waals surface area contributed by atoms with Gasteiger partial charge in [-0.2, -0.15) is 0 Å². The molecule has 0 bridgehead atoms. The van der Waals surface area contributed by atoms with Gasteiger partial charge in [0.25, 0.3) is 0 Å². The van der Waals surface area contributed by atoms with Gasteiger partial charge in [-0.25, -0.2) is 0 Å². The summed E-state index contributed by atoms with van der Waals surface area (Å²) in [6.45, 7) is 6.52. The Bertz CT molecular complexity index is 806. The Balaban J connectivity index is 1.17. The second kappa shape index (κ2) is 14.9. The molecule has 3 heteroatoms. The van der Waals surface area contributed by atoms with Crippen LogP contribution in [0.1, 0.15) is 140 Å². The lowest BCUT2D eigenvalue weighted by Gasteiger charge is -2.38. The summed E-state index contributed by atoms with van der Waals surface area (Å²) in [5.74, 6) is 4.93. The van der Waals surface area contributed by atoms with Crippen LogP contribution in [-0.2, 0) is 9.53 Å². The summed E-state index contributed by atoms with van der Waals surface area (Å²) >= 11 is 0. The Morgan fingerprint density at radius 3 is 1.74 bits per heavy atom. The van der Waals surface area contributed by atoms with Gasteiger partial charge in [-0.3, -0.25) is 4.79 Å². The van der Waals surface area contributed by atoms with Crippen molar-refractivity contribution < 1.29 is 14.6 Å². The highest BCUT2D eigenvalue weighted by Gasteiger charge is 2.31. The van der Waals surface area contributed by atoms with Crippen LogP contribution >= 0.6 is 0 Å². The maximum absolute atomic E-state index is 11.8. The van der Waals surface area contributed by atoms with Crippen LogP contribution in [0.25, 0.3) is 0 Å². The van der Waals surface area contributed by atoms with Gasteiger partial charge in [-0.15, -0.1) is 0 Å². The lowest BCUT2D eigenvalue weighted by molar-refractivity contribution is -0.149. The van der Waals surface area contributed by atoms with Crippen molar-refractivity contribution in [3.05, 3.63) is 35.4 Å². The molecular formula is C35H56O3. The third-order valence-electron chi connectivity index (χ3n) is 10.6. The third kappa shape index (κ3) is 8.33. The van der Waals surface area contributed by atoms with E-state index < -0.39 is 0 Å². The number of benzene rings is 1. The fourth-order valence-electron chi connectivity index (χ4n) is 8.09. The van der Waals surface area contributed by atoms with Gasteiger partial charge in [-0.05, 0) is 117 Å². The predicted molar refractivity (Wildman–Crippen MR) is 157 cm³/mol. The van der Waals surface area contributed by atoms with Crippen LogP contribution < -0.4 is 0 Å². The number of carbonyl (C=O) groups excluding carboxylic acids is 1. The molecule has 0 amide bonds. The quantitative estimate of drug-likeness (QED) is 0.294. The van der Waals surface area contributed by atoms with Crippen molar-refractivity contribution in [2.45, 2.75) is 129 Å². The molecule has 0 spiro atoms. The molecule has 214 valence electrons. The molecule has 38 heavy (non-hydrogen) atoms. The van der Waals surface area contributed by atoms with Gasteiger partial charge in [0.2, 0.25) is 0 Å². The second-order valence-electron chi connectivity index (χ2n) is 13.6. The molecular weight excluding hydrogens is 468 g/mol. The molecule has 3 fully saturated rings. The maximum Gasteiger partial charge on any atom is 0.308 e. The summed E-state index contributed by atoms with van der Waals surface area (Å²) in [5.41, 5.74) is 3.10. The standard InChI is InChI=1S/C35H56O3/c1-4-5-26-6-10-29(11-7-26)31-14-18-33(19-15-31)34-20-16-32(17-21-34)30-12-8-27(9-13-30)22-28(23-36)24-38-35(37)25(2)3/h16-17,20-21,25-31,33,36H,4-15,18-19,22-24H2,1-3H3. The summed E-state index contributed by atoms with van der Waals surface area (Å²) in [6, 6.07) is 9.77. The highest BCUT2D eigenvalue weighted by molar-refractivity contribution is 5.71. The first-order valence-electron chi connectivity index (χ1n) is 16.3. The molecule has 3 saturated carbocycles. The van der Waals surface area contributed by atoms with Gasteiger partial charge in [-0.1, -0.05) is 70.7 Å². The molecule has 1 N–H and O–H groups in total. The Labute approximate surface area is 233 Å². The van der Waals surface area contributed by atoms with Crippen LogP contribution in [0.15, 0.2) is 24.3 Å². The van der Waals surface area contributed by atoms with Gasteiger partial charge in [0, 0.05) is 12.5 Å². The van der Waals surface area contributed by atoms with E-state index in [0.29, 0.717) is 18.4 Å². The summed E-state index contributed by atoms with van der Waals surface area (Å²) in [4.78, 5) is 11.8. The van der Waals surface area contributed by atoms with Gasteiger partial charge >= 0.3 is 5.97 Å². The van der Waals surface area contributed by atoms with Crippen LogP contribution in [-0.4, -0.2) is 24.3 Å². The Morgan fingerprint density at radius 2 is 1.26 bits per heavy atom. The number of ether oxygens (including phenoxy) is 1. The molecule has 1 aromatic carbocycles. The minimum atomic E-state index is -0.159. The predicted octanol–water partition coefficient (Wildman–Crippen LogP) is 9.04. The monoisotopic (exact) mass is 524 g/mol. The maximum atomic E-state index is 11.8. The van der Waals surface area contributed by atoms with Crippen molar-refractivity contribution in [2.75, 3.05) is 13.2 Å². The zero-order chi connectivity index (χ0) is 26.9. The van der Waals surface area contributed by atoms with E-state index in [0.717, 1.165) is 30.1 Å². The fourth-order valence-corrected chi connectivity index (χ4v) is 8.09. The first-order chi connectivity index (χ1) is 18.5. The van der Waals surface area contributed by atoms with Gasteiger partial charge in [0.1, 0.15) is 0 Å². The summed E-state index contributed by atoms with van der Waals surface area (Å²) in [6.07, 6.45) is 20.4. The van der Waals surface area contributed by atoms with Crippen molar-refractivity contribution in [2.24, 2.45) is 35.5 Å². The molecule has 1 atom stereocenters. The number of hydrogen-bond donors (Lipinski definition) is 1. The van der Waals surface area contributed by atoms with Crippen LogP contribution in [0.5, 0.6) is 0 Å². The lowest BCUT2D eigenvalue weighted by Crippen LogP contribution is -2.25. The van der Waals surface area contributed by atoms with Crippen LogP contribution in [0, 0.1) is 35.5 Å². The van der Waals surface area contributed by atoms with E-state index in [4.69, 9.17) is 4.74 Å². The summed E-state index contributed by atoms with van der Waals surface area (Å²) in [7, 11) is 0. The highest BCUT2D eigenvalue weighted by atomic mass is 16.5.